The minimum absolute atomic E-state index is 0.136. The smallest absolute Gasteiger partial charge is 0.0594 e. The Morgan fingerprint density at radius 2 is 1.83 bits per heavy atom. The average Bonchev–Trinajstić information content (AvgIpc) is 2.40. The highest BCUT2D eigenvalue weighted by Gasteiger charge is 2.29. The molecular formula is C14H28N2O2. The molecule has 4 heteroatoms. The van der Waals surface area contributed by atoms with Gasteiger partial charge < -0.3 is 14.7 Å². The van der Waals surface area contributed by atoms with Gasteiger partial charge in [0.1, 0.15) is 0 Å². The van der Waals surface area contributed by atoms with E-state index in [1.165, 1.54) is 38.9 Å². The Hall–Kier alpha value is -0.160. The van der Waals surface area contributed by atoms with Crippen LogP contribution >= 0.6 is 0 Å². The lowest BCUT2D eigenvalue weighted by Gasteiger charge is -2.39. The summed E-state index contributed by atoms with van der Waals surface area (Å²) in [6.45, 7) is 11.1. The molecule has 0 saturated carbocycles. The zero-order valence-electron chi connectivity index (χ0n) is 11.7. The molecule has 1 atom stereocenters. The summed E-state index contributed by atoms with van der Waals surface area (Å²) in [5.74, 6) is 0. The van der Waals surface area contributed by atoms with Crippen LogP contribution in [-0.4, -0.2) is 74.0 Å². The minimum Gasteiger partial charge on any atom is -0.396 e. The molecular weight excluding hydrogens is 228 g/mol. The molecule has 0 aromatic heterocycles. The summed E-state index contributed by atoms with van der Waals surface area (Å²) in [6.07, 6.45) is 3.64. The Bertz CT molecular complexity index is 244. The van der Waals surface area contributed by atoms with Crippen LogP contribution in [-0.2, 0) is 4.74 Å². The summed E-state index contributed by atoms with van der Waals surface area (Å²) in [4.78, 5) is 5.03. The van der Waals surface area contributed by atoms with Gasteiger partial charge in [-0.1, -0.05) is 6.92 Å². The van der Waals surface area contributed by atoms with E-state index in [0.717, 1.165) is 32.8 Å². The number of likely N-dealkylation sites (tertiary alicyclic amines) is 1. The number of nitrogens with zero attached hydrogens (tertiary/aromatic N) is 2. The molecule has 0 amide bonds. The number of rotatable bonds is 5. The maximum absolute atomic E-state index is 9.45. The number of hydrogen-bond acceptors (Lipinski definition) is 4. The highest BCUT2D eigenvalue weighted by molar-refractivity contribution is 4.83. The fourth-order valence-corrected chi connectivity index (χ4v) is 3.09. The van der Waals surface area contributed by atoms with Gasteiger partial charge in [-0.05, 0) is 38.9 Å². The maximum atomic E-state index is 9.45. The van der Waals surface area contributed by atoms with Gasteiger partial charge in [-0.2, -0.15) is 0 Å². The SMILES string of the molecule is CC1(CO)CCCN(CCCN2CCOCC2)C1. The third kappa shape index (κ3) is 4.19. The van der Waals surface area contributed by atoms with Crippen LogP contribution in [0, 0.1) is 5.41 Å². The molecule has 1 unspecified atom stereocenters. The second kappa shape index (κ2) is 6.85. The standard InChI is InChI=1S/C14H28N2O2/c1-14(13-17)4-2-5-16(12-14)7-3-6-15-8-10-18-11-9-15/h17H,2-13H2,1H3. The van der Waals surface area contributed by atoms with Gasteiger partial charge in [0, 0.05) is 31.7 Å². The highest BCUT2D eigenvalue weighted by Crippen LogP contribution is 2.28. The van der Waals surface area contributed by atoms with E-state index >= 15 is 0 Å². The lowest BCUT2D eigenvalue weighted by atomic mass is 9.83. The quantitative estimate of drug-likeness (QED) is 0.789. The van der Waals surface area contributed by atoms with Crippen LogP contribution in [0.3, 0.4) is 0 Å². The Morgan fingerprint density at radius 3 is 2.56 bits per heavy atom. The van der Waals surface area contributed by atoms with Crippen molar-refractivity contribution in [3.8, 4) is 0 Å². The number of aliphatic hydroxyl groups excluding tert-OH is 1. The predicted molar refractivity (Wildman–Crippen MR) is 72.7 cm³/mol. The number of piperidine rings is 1. The van der Waals surface area contributed by atoms with Crippen molar-refractivity contribution in [1.29, 1.82) is 0 Å². The number of ether oxygens (including phenoxy) is 1. The van der Waals surface area contributed by atoms with Gasteiger partial charge in [0.15, 0.2) is 0 Å². The second-order valence-corrected chi connectivity index (χ2v) is 6.16. The molecule has 0 spiro atoms. The summed E-state index contributed by atoms with van der Waals surface area (Å²) in [5.41, 5.74) is 0.136. The fraction of sp³-hybridized carbons (Fsp3) is 1.00. The number of morpholine rings is 1. The second-order valence-electron chi connectivity index (χ2n) is 6.16. The molecule has 4 nitrogen and oxygen atoms in total. The Balaban J connectivity index is 1.63. The molecule has 0 radical (unpaired) electrons. The van der Waals surface area contributed by atoms with Gasteiger partial charge in [0.25, 0.3) is 0 Å². The van der Waals surface area contributed by atoms with E-state index in [1.54, 1.807) is 0 Å². The first kappa shape index (κ1) is 14.3. The van der Waals surface area contributed by atoms with Crippen LogP contribution in [0.4, 0.5) is 0 Å². The van der Waals surface area contributed by atoms with Crippen molar-refractivity contribution in [2.24, 2.45) is 5.41 Å². The Kier molecular flexibility index (Phi) is 5.42. The highest BCUT2D eigenvalue weighted by atomic mass is 16.5. The van der Waals surface area contributed by atoms with Crippen LogP contribution in [0.25, 0.3) is 0 Å². The van der Waals surface area contributed by atoms with E-state index in [-0.39, 0.29) is 5.41 Å². The molecule has 18 heavy (non-hydrogen) atoms. The molecule has 1 N–H and O–H groups in total. The predicted octanol–water partition coefficient (Wildman–Crippen LogP) is 0.803. The van der Waals surface area contributed by atoms with Gasteiger partial charge in [-0.25, -0.2) is 0 Å². The van der Waals surface area contributed by atoms with E-state index in [2.05, 4.69) is 16.7 Å². The summed E-state index contributed by atoms with van der Waals surface area (Å²) in [5, 5.41) is 9.45. The Labute approximate surface area is 111 Å². The van der Waals surface area contributed by atoms with Gasteiger partial charge in [0.05, 0.1) is 13.2 Å². The summed E-state index contributed by atoms with van der Waals surface area (Å²) >= 11 is 0. The molecule has 0 aromatic rings. The zero-order chi connectivity index (χ0) is 12.8. The van der Waals surface area contributed by atoms with Crippen LogP contribution in [0.1, 0.15) is 26.2 Å². The van der Waals surface area contributed by atoms with Crippen molar-refractivity contribution in [2.75, 3.05) is 59.1 Å². The topological polar surface area (TPSA) is 35.9 Å². The van der Waals surface area contributed by atoms with Crippen LogP contribution < -0.4 is 0 Å². The van der Waals surface area contributed by atoms with Gasteiger partial charge in [-0.3, -0.25) is 4.90 Å². The first-order valence-corrected chi connectivity index (χ1v) is 7.35. The molecule has 0 aromatic carbocycles. The third-order valence-corrected chi connectivity index (χ3v) is 4.29. The molecule has 2 heterocycles. The number of hydrogen-bond donors (Lipinski definition) is 1. The van der Waals surface area contributed by atoms with Crippen molar-refractivity contribution in [3.63, 3.8) is 0 Å². The molecule has 2 aliphatic rings. The summed E-state index contributed by atoms with van der Waals surface area (Å²) in [6, 6.07) is 0. The molecule has 2 saturated heterocycles. The molecule has 2 fully saturated rings. The first-order chi connectivity index (χ1) is 8.72. The van der Waals surface area contributed by atoms with E-state index < -0.39 is 0 Å². The van der Waals surface area contributed by atoms with Crippen LogP contribution in [0.15, 0.2) is 0 Å². The van der Waals surface area contributed by atoms with Crippen LogP contribution in [0.5, 0.6) is 0 Å². The van der Waals surface area contributed by atoms with Gasteiger partial charge in [0.2, 0.25) is 0 Å². The molecule has 0 aliphatic carbocycles. The van der Waals surface area contributed by atoms with E-state index in [9.17, 15) is 5.11 Å². The normalized spacial score (nSPS) is 31.7. The van der Waals surface area contributed by atoms with E-state index in [4.69, 9.17) is 4.74 Å². The van der Waals surface area contributed by atoms with Crippen molar-refractivity contribution < 1.29 is 9.84 Å². The number of aliphatic hydroxyl groups is 1. The molecule has 0 bridgehead atoms. The maximum Gasteiger partial charge on any atom is 0.0594 e. The first-order valence-electron chi connectivity index (χ1n) is 7.35. The minimum atomic E-state index is 0.136. The Morgan fingerprint density at radius 1 is 1.11 bits per heavy atom. The van der Waals surface area contributed by atoms with Crippen molar-refractivity contribution in [1.82, 2.24) is 9.80 Å². The largest absolute Gasteiger partial charge is 0.396 e. The lowest BCUT2D eigenvalue weighted by molar-refractivity contribution is 0.0283. The van der Waals surface area contributed by atoms with E-state index in [0.29, 0.717) is 6.61 Å². The van der Waals surface area contributed by atoms with Crippen molar-refractivity contribution >= 4 is 0 Å². The van der Waals surface area contributed by atoms with Crippen LogP contribution in [0.2, 0.25) is 0 Å². The average molecular weight is 256 g/mol. The lowest BCUT2D eigenvalue weighted by Crippen LogP contribution is -2.45. The van der Waals surface area contributed by atoms with Crippen molar-refractivity contribution in [2.45, 2.75) is 26.2 Å². The summed E-state index contributed by atoms with van der Waals surface area (Å²) in [7, 11) is 0. The third-order valence-electron chi connectivity index (χ3n) is 4.29. The monoisotopic (exact) mass is 256 g/mol. The van der Waals surface area contributed by atoms with Gasteiger partial charge in [-0.15, -0.1) is 0 Å². The summed E-state index contributed by atoms with van der Waals surface area (Å²) < 4.78 is 5.36. The zero-order valence-corrected chi connectivity index (χ0v) is 11.7. The van der Waals surface area contributed by atoms with Gasteiger partial charge >= 0.3 is 0 Å². The van der Waals surface area contributed by atoms with E-state index in [1.807, 2.05) is 0 Å². The molecule has 106 valence electrons. The molecule has 2 rings (SSSR count). The van der Waals surface area contributed by atoms with Crippen molar-refractivity contribution in [3.05, 3.63) is 0 Å². The fourth-order valence-electron chi connectivity index (χ4n) is 3.09. The molecule has 2 aliphatic heterocycles.